The van der Waals surface area contributed by atoms with Crippen LogP contribution in [-0.2, 0) is 9.59 Å². The zero-order valence-electron chi connectivity index (χ0n) is 9.32. The fourth-order valence-corrected chi connectivity index (χ4v) is 3.25. The van der Waals surface area contributed by atoms with Gasteiger partial charge in [-0.3, -0.25) is 9.59 Å². The Morgan fingerprint density at radius 1 is 1.44 bits per heavy atom. The number of thiol groups is 1. The standard InChI is InChI=1S/C11H18N2O2S/c12-9(14)8(6-16)13-7-11(10(13)15)4-2-1-3-5-11/h8,16H,1-7H2,(H2,12,14)/t8-/m1/s1. The first-order valence-electron chi connectivity index (χ1n) is 5.82. The molecule has 2 amide bonds. The van der Waals surface area contributed by atoms with E-state index in [2.05, 4.69) is 12.6 Å². The number of nitrogens with zero attached hydrogens (tertiary/aromatic N) is 1. The molecule has 0 aromatic heterocycles. The van der Waals surface area contributed by atoms with Crippen molar-refractivity contribution < 1.29 is 9.59 Å². The Bertz CT molecular complexity index is 313. The molecular weight excluding hydrogens is 224 g/mol. The van der Waals surface area contributed by atoms with E-state index in [1.807, 2.05) is 0 Å². The SMILES string of the molecule is NC(=O)[C@@H](CS)N1CC2(CCCCC2)C1=O. The molecule has 90 valence electrons. The number of likely N-dealkylation sites (tertiary alicyclic amines) is 1. The summed E-state index contributed by atoms with van der Waals surface area (Å²) in [5, 5.41) is 0. The van der Waals surface area contributed by atoms with Gasteiger partial charge in [-0.15, -0.1) is 0 Å². The maximum absolute atomic E-state index is 12.1. The number of β-lactam (4-membered cyclic amide) rings is 1. The van der Waals surface area contributed by atoms with Crippen molar-refractivity contribution in [3.63, 3.8) is 0 Å². The lowest BCUT2D eigenvalue weighted by Gasteiger charge is -2.52. The molecular formula is C11H18N2O2S. The van der Waals surface area contributed by atoms with E-state index < -0.39 is 11.9 Å². The zero-order valence-corrected chi connectivity index (χ0v) is 10.2. The monoisotopic (exact) mass is 242 g/mol. The molecule has 1 atom stereocenters. The first-order chi connectivity index (χ1) is 7.60. The number of hydrogen-bond acceptors (Lipinski definition) is 3. The molecule has 2 rings (SSSR count). The molecule has 1 aliphatic carbocycles. The quantitative estimate of drug-likeness (QED) is 0.561. The maximum atomic E-state index is 12.1. The van der Waals surface area contributed by atoms with Crippen molar-refractivity contribution in [3.05, 3.63) is 0 Å². The lowest BCUT2D eigenvalue weighted by Crippen LogP contribution is -2.67. The Morgan fingerprint density at radius 3 is 2.50 bits per heavy atom. The summed E-state index contributed by atoms with van der Waals surface area (Å²) in [6, 6.07) is -0.525. The summed E-state index contributed by atoms with van der Waals surface area (Å²) in [5.41, 5.74) is 5.10. The summed E-state index contributed by atoms with van der Waals surface area (Å²) < 4.78 is 0. The van der Waals surface area contributed by atoms with Crippen LogP contribution in [0, 0.1) is 5.41 Å². The summed E-state index contributed by atoms with van der Waals surface area (Å²) in [6.45, 7) is 0.694. The van der Waals surface area contributed by atoms with Gasteiger partial charge in [0.05, 0.1) is 5.41 Å². The highest BCUT2D eigenvalue weighted by atomic mass is 32.1. The van der Waals surface area contributed by atoms with Crippen molar-refractivity contribution in [2.24, 2.45) is 11.1 Å². The first-order valence-corrected chi connectivity index (χ1v) is 6.45. The van der Waals surface area contributed by atoms with Crippen LogP contribution in [0.1, 0.15) is 32.1 Å². The van der Waals surface area contributed by atoms with Gasteiger partial charge in [0.25, 0.3) is 0 Å². The molecule has 0 radical (unpaired) electrons. The van der Waals surface area contributed by atoms with Crippen molar-refractivity contribution in [2.45, 2.75) is 38.1 Å². The molecule has 4 nitrogen and oxygen atoms in total. The molecule has 2 aliphatic rings. The molecule has 0 aromatic carbocycles. The van der Waals surface area contributed by atoms with Crippen LogP contribution in [0.5, 0.6) is 0 Å². The van der Waals surface area contributed by atoms with Gasteiger partial charge in [0.2, 0.25) is 11.8 Å². The van der Waals surface area contributed by atoms with Gasteiger partial charge in [0, 0.05) is 12.3 Å². The van der Waals surface area contributed by atoms with E-state index in [1.54, 1.807) is 4.90 Å². The average molecular weight is 242 g/mol. The molecule has 0 unspecified atom stereocenters. The summed E-state index contributed by atoms with van der Waals surface area (Å²) in [6.07, 6.45) is 5.42. The average Bonchev–Trinajstić information content (AvgIpc) is 2.29. The highest BCUT2D eigenvalue weighted by Gasteiger charge is 2.54. The number of amides is 2. The first kappa shape index (κ1) is 11.8. The molecule has 16 heavy (non-hydrogen) atoms. The predicted molar refractivity (Wildman–Crippen MR) is 64.1 cm³/mol. The molecule has 0 aromatic rings. The number of rotatable bonds is 3. The second kappa shape index (κ2) is 4.28. The molecule has 1 saturated carbocycles. The molecule has 1 saturated heterocycles. The molecule has 1 aliphatic heterocycles. The van der Waals surface area contributed by atoms with Crippen LogP contribution < -0.4 is 5.73 Å². The Labute approximate surface area is 101 Å². The van der Waals surface area contributed by atoms with Crippen LogP contribution in [-0.4, -0.2) is 35.1 Å². The molecule has 1 heterocycles. The minimum atomic E-state index is -0.525. The minimum Gasteiger partial charge on any atom is -0.368 e. The summed E-state index contributed by atoms with van der Waals surface area (Å²) in [4.78, 5) is 24.9. The Hall–Kier alpha value is -0.710. The van der Waals surface area contributed by atoms with Crippen LogP contribution in [0.15, 0.2) is 0 Å². The molecule has 2 fully saturated rings. The van der Waals surface area contributed by atoms with Crippen LogP contribution in [0.2, 0.25) is 0 Å². The molecule has 0 bridgehead atoms. The number of hydrogen-bond donors (Lipinski definition) is 2. The van der Waals surface area contributed by atoms with E-state index in [0.717, 1.165) is 25.7 Å². The number of primary amides is 1. The van der Waals surface area contributed by atoms with E-state index in [0.29, 0.717) is 12.3 Å². The Morgan fingerprint density at radius 2 is 2.06 bits per heavy atom. The van der Waals surface area contributed by atoms with Crippen LogP contribution in [0.3, 0.4) is 0 Å². The van der Waals surface area contributed by atoms with Crippen LogP contribution >= 0.6 is 12.6 Å². The Kier molecular flexibility index (Phi) is 3.15. The maximum Gasteiger partial charge on any atom is 0.241 e. The smallest absolute Gasteiger partial charge is 0.241 e. The van der Waals surface area contributed by atoms with Crippen molar-refractivity contribution >= 4 is 24.4 Å². The van der Waals surface area contributed by atoms with Crippen molar-refractivity contribution in [3.8, 4) is 0 Å². The zero-order chi connectivity index (χ0) is 11.8. The van der Waals surface area contributed by atoms with Crippen LogP contribution in [0.4, 0.5) is 0 Å². The molecule has 5 heteroatoms. The summed E-state index contributed by atoms with van der Waals surface area (Å²) in [7, 11) is 0. The van der Waals surface area contributed by atoms with E-state index in [9.17, 15) is 9.59 Å². The third-order valence-electron chi connectivity index (χ3n) is 3.88. The van der Waals surface area contributed by atoms with Crippen molar-refractivity contribution in [1.29, 1.82) is 0 Å². The lowest BCUT2D eigenvalue weighted by atomic mass is 9.67. The van der Waals surface area contributed by atoms with Crippen molar-refractivity contribution in [2.75, 3.05) is 12.3 Å². The van der Waals surface area contributed by atoms with E-state index in [1.165, 1.54) is 6.42 Å². The lowest BCUT2D eigenvalue weighted by molar-refractivity contribution is -0.169. The predicted octanol–water partition coefficient (Wildman–Crippen LogP) is 0.563. The highest BCUT2D eigenvalue weighted by Crippen LogP contribution is 2.45. The second-order valence-corrected chi connectivity index (χ2v) is 5.24. The largest absolute Gasteiger partial charge is 0.368 e. The Balaban J connectivity index is 2.03. The van der Waals surface area contributed by atoms with Gasteiger partial charge in [-0.05, 0) is 12.8 Å². The van der Waals surface area contributed by atoms with Crippen molar-refractivity contribution in [1.82, 2.24) is 4.90 Å². The highest BCUT2D eigenvalue weighted by molar-refractivity contribution is 7.80. The minimum absolute atomic E-state index is 0.116. The van der Waals surface area contributed by atoms with E-state index in [4.69, 9.17) is 5.73 Å². The van der Waals surface area contributed by atoms with Gasteiger partial charge in [0.15, 0.2) is 0 Å². The van der Waals surface area contributed by atoms with Gasteiger partial charge < -0.3 is 10.6 Å². The fraction of sp³-hybridized carbons (Fsp3) is 0.818. The molecule has 2 N–H and O–H groups in total. The van der Waals surface area contributed by atoms with E-state index in [-0.39, 0.29) is 11.3 Å². The number of carbonyl (C=O) groups is 2. The van der Waals surface area contributed by atoms with Gasteiger partial charge in [-0.2, -0.15) is 12.6 Å². The second-order valence-electron chi connectivity index (χ2n) is 4.87. The summed E-state index contributed by atoms with van der Waals surface area (Å²) >= 11 is 4.08. The normalized spacial score (nSPS) is 25.3. The summed E-state index contributed by atoms with van der Waals surface area (Å²) in [5.74, 6) is -0.0176. The van der Waals surface area contributed by atoms with Gasteiger partial charge >= 0.3 is 0 Å². The van der Waals surface area contributed by atoms with E-state index >= 15 is 0 Å². The third-order valence-corrected chi connectivity index (χ3v) is 4.22. The fourth-order valence-electron chi connectivity index (χ4n) is 2.87. The van der Waals surface area contributed by atoms with Crippen LogP contribution in [0.25, 0.3) is 0 Å². The third kappa shape index (κ3) is 1.71. The number of nitrogens with two attached hydrogens (primary N) is 1. The van der Waals surface area contributed by atoms with Gasteiger partial charge in [-0.1, -0.05) is 19.3 Å². The van der Waals surface area contributed by atoms with Gasteiger partial charge in [0.1, 0.15) is 6.04 Å². The van der Waals surface area contributed by atoms with Gasteiger partial charge in [-0.25, -0.2) is 0 Å². The molecule has 1 spiro atoms. The topological polar surface area (TPSA) is 63.4 Å². The number of carbonyl (C=O) groups excluding carboxylic acids is 2.